The first-order chi connectivity index (χ1) is 29.3. The number of alkyl carbamates (subject to hydrolysis) is 1. The SMILES string of the molecule is CC(=O)O[C@@]12CO[C@@H]1CC[C@@]1(C)[C@@H]3O[C@H](CN4CC[C@H]4CO)O[C@@H]3C3=C(C)[C@@H](OC(=O)[C@H](O)[C@@H](NC(=O)OC(C)(C)C)C(C)(C)C)C[C@@](O)([C@@H](OC(=O)c4ccccc4)[C@@H]12)C3(C)C. The maximum Gasteiger partial charge on any atom is 0.407 e. The van der Waals surface area contributed by atoms with E-state index in [0.29, 0.717) is 30.5 Å². The van der Waals surface area contributed by atoms with E-state index in [1.54, 1.807) is 78.8 Å². The summed E-state index contributed by atoms with van der Waals surface area (Å²) in [5.41, 5.74) is -6.09. The minimum atomic E-state index is -2.07. The van der Waals surface area contributed by atoms with Gasteiger partial charge in [-0.1, -0.05) is 59.7 Å². The maximum absolute atomic E-state index is 14.5. The van der Waals surface area contributed by atoms with Crippen molar-refractivity contribution >= 4 is 24.0 Å². The number of nitrogens with zero attached hydrogens (tertiary/aromatic N) is 1. The van der Waals surface area contributed by atoms with Crippen molar-refractivity contribution in [3.05, 3.63) is 47.0 Å². The molecule has 16 nitrogen and oxygen atoms in total. The first kappa shape index (κ1) is 47.3. The zero-order valence-electron chi connectivity index (χ0n) is 38.6. The number of hydrogen-bond acceptors (Lipinski definition) is 15. The zero-order valence-corrected chi connectivity index (χ0v) is 38.6. The quantitative estimate of drug-likeness (QED) is 0.148. The fraction of sp³-hybridized carbons (Fsp3) is 0.745. The van der Waals surface area contributed by atoms with Gasteiger partial charge in [0.05, 0.1) is 36.8 Å². The number of esters is 3. The number of amides is 1. The summed E-state index contributed by atoms with van der Waals surface area (Å²) in [6.45, 7) is 20.2. The third-order valence-electron chi connectivity index (χ3n) is 14.8. The summed E-state index contributed by atoms with van der Waals surface area (Å²) in [6, 6.07) is 7.18. The molecular formula is C47H68N2O14. The molecule has 3 aliphatic carbocycles. The molecule has 1 aromatic carbocycles. The number of carbonyl (C=O) groups is 4. The van der Waals surface area contributed by atoms with Crippen LogP contribution in [0, 0.1) is 22.2 Å². The molecule has 3 aliphatic heterocycles. The van der Waals surface area contributed by atoms with Crippen LogP contribution in [0.1, 0.15) is 112 Å². The lowest BCUT2D eigenvalue weighted by molar-refractivity contribution is -0.345. The van der Waals surface area contributed by atoms with Gasteiger partial charge in [-0.25, -0.2) is 14.4 Å². The molecule has 1 amide bonds. The molecule has 7 rings (SSSR count). The second kappa shape index (κ2) is 16.7. The lowest BCUT2D eigenvalue weighted by atomic mass is 9.45. The summed E-state index contributed by atoms with van der Waals surface area (Å²) < 4.78 is 45.0. The van der Waals surface area contributed by atoms with Crippen molar-refractivity contribution in [3.8, 4) is 0 Å². The van der Waals surface area contributed by atoms with Gasteiger partial charge in [0.1, 0.15) is 35.6 Å². The number of aliphatic hydroxyl groups excluding tert-OH is 2. The Morgan fingerprint density at radius 1 is 1.00 bits per heavy atom. The van der Waals surface area contributed by atoms with Gasteiger partial charge in [0, 0.05) is 43.3 Å². The Balaban J connectivity index is 1.37. The van der Waals surface area contributed by atoms with Crippen LogP contribution in [0.5, 0.6) is 0 Å². The fourth-order valence-electron chi connectivity index (χ4n) is 11.4. The van der Waals surface area contributed by atoms with Crippen LogP contribution in [0.15, 0.2) is 41.5 Å². The van der Waals surface area contributed by atoms with Crippen molar-refractivity contribution < 1.29 is 67.7 Å². The molecule has 63 heavy (non-hydrogen) atoms. The van der Waals surface area contributed by atoms with Crippen molar-refractivity contribution in [1.29, 1.82) is 0 Å². The Bertz CT molecular complexity index is 1960. The Morgan fingerprint density at radius 2 is 1.68 bits per heavy atom. The van der Waals surface area contributed by atoms with Gasteiger partial charge >= 0.3 is 24.0 Å². The largest absolute Gasteiger partial charge is 0.456 e. The van der Waals surface area contributed by atoms with Gasteiger partial charge in [-0.3, -0.25) is 9.69 Å². The summed E-state index contributed by atoms with van der Waals surface area (Å²) in [4.78, 5) is 57.1. The molecule has 2 bridgehead atoms. The van der Waals surface area contributed by atoms with E-state index in [2.05, 4.69) is 10.2 Å². The van der Waals surface area contributed by atoms with Crippen LogP contribution in [0.2, 0.25) is 0 Å². The van der Waals surface area contributed by atoms with Gasteiger partial charge in [0.25, 0.3) is 0 Å². The molecule has 0 radical (unpaired) electrons. The second-order valence-electron chi connectivity index (χ2n) is 21.4. The molecular weight excluding hydrogens is 817 g/mol. The predicted octanol–water partition coefficient (Wildman–Crippen LogP) is 4.21. The Morgan fingerprint density at radius 3 is 2.24 bits per heavy atom. The zero-order chi connectivity index (χ0) is 46.2. The van der Waals surface area contributed by atoms with Gasteiger partial charge < -0.3 is 53.8 Å². The molecule has 13 atom stereocenters. The van der Waals surface area contributed by atoms with Gasteiger partial charge in [-0.15, -0.1) is 0 Å². The lowest BCUT2D eigenvalue weighted by Gasteiger charge is -2.68. The number of rotatable bonds is 10. The molecule has 3 heterocycles. The normalized spacial score (nSPS) is 36.9. The van der Waals surface area contributed by atoms with Gasteiger partial charge in [0.2, 0.25) is 0 Å². The number of benzene rings is 1. The highest BCUT2D eigenvalue weighted by atomic mass is 16.7. The third kappa shape index (κ3) is 8.31. The second-order valence-corrected chi connectivity index (χ2v) is 21.4. The first-order valence-electron chi connectivity index (χ1n) is 22.3. The number of ether oxygens (including phenoxy) is 7. The summed E-state index contributed by atoms with van der Waals surface area (Å²) >= 11 is 0. The minimum Gasteiger partial charge on any atom is -0.456 e. The molecule has 0 unspecified atom stereocenters. The fourth-order valence-corrected chi connectivity index (χ4v) is 11.4. The number of hydrogen-bond donors (Lipinski definition) is 4. The van der Waals surface area contributed by atoms with Crippen LogP contribution in [-0.4, -0.2) is 142 Å². The van der Waals surface area contributed by atoms with Crippen molar-refractivity contribution in [3.63, 3.8) is 0 Å². The molecule has 6 aliphatic rings. The molecule has 3 saturated heterocycles. The van der Waals surface area contributed by atoms with E-state index in [1.165, 1.54) is 6.92 Å². The van der Waals surface area contributed by atoms with E-state index in [4.69, 9.17) is 33.2 Å². The number of likely N-dealkylation sites (tertiary alicyclic amines) is 1. The van der Waals surface area contributed by atoms with Crippen LogP contribution in [0.25, 0.3) is 0 Å². The van der Waals surface area contributed by atoms with E-state index in [-0.39, 0.29) is 31.2 Å². The van der Waals surface area contributed by atoms with Gasteiger partial charge in [-0.2, -0.15) is 0 Å². The average Bonchev–Trinajstić information content (AvgIpc) is 3.58. The highest BCUT2D eigenvalue weighted by Crippen LogP contribution is 2.66. The summed E-state index contributed by atoms with van der Waals surface area (Å²) in [5.74, 6) is -3.32. The van der Waals surface area contributed by atoms with Crippen LogP contribution in [0.4, 0.5) is 4.79 Å². The molecule has 4 N–H and O–H groups in total. The topological polar surface area (TPSA) is 209 Å². The van der Waals surface area contributed by atoms with Gasteiger partial charge in [-0.05, 0) is 75.7 Å². The number of fused-ring (bicyclic) bond motifs is 8. The number of aliphatic hydroxyl groups is 3. The van der Waals surface area contributed by atoms with Crippen molar-refractivity contribution in [2.45, 2.75) is 174 Å². The summed E-state index contributed by atoms with van der Waals surface area (Å²) in [5, 5.41) is 38.4. The van der Waals surface area contributed by atoms with Crippen LogP contribution in [0.3, 0.4) is 0 Å². The predicted molar refractivity (Wildman–Crippen MR) is 226 cm³/mol. The average molecular weight is 885 g/mol. The van der Waals surface area contributed by atoms with E-state index in [0.717, 1.165) is 13.0 Å². The van der Waals surface area contributed by atoms with Crippen LogP contribution >= 0.6 is 0 Å². The first-order valence-corrected chi connectivity index (χ1v) is 22.3. The van der Waals surface area contributed by atoms with Crippen LogP contribution < -0.4 is 5.32 Å². The summed E-state index contributed by atoms with van der Waals surface area (Å²) in [7, 11) is 0. The van der Waals surface area contributed by atoms with E-state index in [9.17, 15) is 34.5 Å². The molecule has 1 aromatic rings. The van der Waals surface area contributed by atoms with Gasteiger partial charge in [0.15, 0.2) is 18.0 Å². The highest BCUT2D eigenvalue weighted by Gasteiger charge is 2.77. The molecule has 2 saturated carbocycles. The standard InChI is InChI=1S/C47H68N2O14/c1-25-29(58-40(54)33(52)36(42(3,4)5)48-41(55)63-43(6,7)8)21-47(56)38(61-39(53)27-15-13-12-14-16-27)35-45(11,19-17-30-46(35,24-57-30)62-26(2)51)37-34(32(25)44(47,9)10)59-31(60-37)22-49-20-18-28(49)23-50/h12-16,28-31,33-38,50,52,56H,17-24H2,1-11H3,(H,48,55)/t28-,29-,30+,31+,33+,34+,35-,36+,37+,38-,45+,46-,47+/m0/s1. The molecule has 5 fully saturated rings. The Hall–Kier alpha value is -3.64. The highest BCUT2D eigenvalue weighted by molar-refractivity contribution is 5.89. The van der Waals surface area contributed by atoms with E-state index >= 15 is 0 Å². The minimum absolute atomic E-state index is 0.0211. The molecule has 0 aromatic heterocycles. The van der Waals surface area contributed by atoms with Crippen molar-refractivity contribution in [1.82, 2.24) is 10.2 Å². The van der Waals surface area contributed by atoms with Crippen LogP contribution in [-0.2, 0) is 42.7 Å². The van der Waals surface area contributed by atoms with E-state index < -0.39 is 112 Å². The van der Waals surface area contributed by atoms with Crippen molar-refractivity contribution in [2.24, 2.45) is 22.2 Å². The Labute approximate surface area is 370 Å². The smallest absolute Gasteiger partial charge is 0.407 e. The molecule has 0 spiro atoms. The monoisotopic (exact) mass is 884 g/mol. The van der Waals surface area contributed by atoms with E-state index in [1.807, 2.05) is 20.8 Å². The van der Waals surface area contributed by atoms with Crippen molar-refractivity contribution in [2.75, 3.05) is 26.3 Å². The lowest BCUT2D eigenvalue weighted by Crippen LogP contribution is -2.79. The molecule has 16 heteroatoms. The third-order valence-corrected chi connectivity index (χ3v) is 14.8. The summed E-state index contributed by atoms with van der Waals surface area (Å²) in [6.07, 6.45) is -6.92. The molecule has 350 valence electrons. The number of carbonyl (C=O) groups excluding carboxylic acids is 4. The number of nitrogens with one attached hydrogen (secondary N) is 1. The Kier molecular flexibility index (Phi) is 12.5. The maximum atomic E-state index is 14.5.